The number of hydrogen-bond donors (Lipinski definition) is 3. The van der Waals surface area contributed by atoms with Crippen molar-refractivity contribution in [3.63, 3.8) is 0 Å². The fourth-order valence-electron chi connectivity index (χ4n) is 3.63. The first kappa shape index (κ1) is 24.2. The fraction of sp³-hybridized carbons (Fsp3) is 0.476. The van der Waals surface area contributed by atoms with E-state index in [0.717, 1.165) is 11.3 Å². The summed E-state index contributed by atoms with van der Waals surface area (Å²) < 4.78 is 10.0. The molecule has 34 heavy (non-hydrogen) atoms. The number of carbonyl (C=O) groups is 4. The maximum Gasteiger partial charge on any atom is 0.413 e. The van der Waals surface area contributed by atoms with Gasteiger partial charge in [0, 0.05) is 16.7 Å². The van der Waals surface area contributed by atoms with Gasteiger partial charge >= 0.3 is 12.1 Å². The zero-order valence-corrected chi connectivity index (χ0v) is 20.5. The highest BCUT2D eigenvalue weighted by molar-refractivity contribution is 8.00. The Labute approximate surface area is 203 Å². The molecule has 4 rings (SSSR count). The number of anilines is 1. The molecule has 3 aliphatic rings. The number of esters is 1. The summed E-state index contributed by atoms with van der Waals surface area (Å²) in [6.07, 6.45) is 0.224. The standard InChI is InChI=1S/C21H24N4O7S2/c1-5-6-9(11-8-34-19(22-11)24-20(30)32-21(2,3)4)14(26)23-12-15(27)25-13-10(7-33-16(12)25)17(28)31-18(13)29/h6,8,12,16-17,28H,5,7H2,1-4H3,(H,23,26)(H,22,24,30). The number of allylic oxidation sites excluding steroid dienone is 1. The summed E-state index contributed by atoms with van der Waals surface area (Å²) in [5.41, 5.74) is 0.375. The Morgan fingerprint density at radius 3 is 2.79 bits per heavy atom. The molecule has 3 amide bonds. The van der Waals surface area contributed by atoms with Crippen LogP contribution in [-0.4, -0.2) is 67.9 Å². The van der Waals surface area contributed by atoms with Crippen molar-refractivity contribution in [1.29, 1.82) is 0 Å². The molecule has 1 aromatic heterocycles. The van der Waals surface area contributed by atoms with E-state index in [9.17, 15) is 24.3 Å². The van der Waals surface area contributed by atoms with E-state index < -0.39 is 47.2 Å². The quantitative estimate of drug-likeness (QED) is 0.308. The minimum absolute atomic E-state index is 0.0634. The lowest BCUT2D eigenvalue weighted by Gasteiger charge is -2.48. The summed E-state index contributed by atoms with van der Waals surface area (Å²) in [5.74, 6) is -1.38. The molecular weight excluding hydrogens is 484 g/mol. The van der Waals surface area contributed by atoms with Crippen LogP contribution in [0.3, 0.4) is 0 Å². The molecule has 4 heterocycles. The lowest BCUT2D eigenvalue weighted by molar-refractivity contribution is -0.157. The summed E-state index contributed by atoms with van der Waals surface area (Å²) in [6, 6.07) is -0.838. The Morgan fingerprint density at radius 2 is 2.12 bits per heavy atom. The van der Waals surface area contributed by atoms with Gasteiger partial charge in [0.2, 0.25) is 6.29 Å². The smallest absolute Gasteiger partial charge is 0.413 e. The van der Waals surface area contributed by atoms with Crippen LogP contribution in [0.2, 0.25) is 0 Å². The Bertz CT molecular complexity index is 1120. The average molecular weight is 509 g/mol. The third-order valence-corrected chi connectivity index (χ3v) is 7.10. The van der Waals surface area contributed by atoms with Crippen molar-refractivity contribution in [2.45, 2.75) is 57.4 Å². The number of thioether (sulfide) groups is 1. The number of aliphatic hydroxyl groups is 1. The fourth-order valence-corrected chi connectivity index (χ4v) is 5.69. The van der Waals surface area contributed by atoms with Crippen LogP contribution >= 0.6 is 23.1 Å². The molecule has 0 saturated carbocycles. The number of thiazole rings is 1. The largest absolute Gasteiger partial charge is 0.444 e. The predicted molar refractivity (Wildman–Crippen MR) is 124 cm³/mol. The third kappa shape index (κ3) is 4.55. The van der Waals surface area contributed by atoms with E-state index in [1.54, 1.807) is 32.2 Å². The summed E-state index contributed by atoms with van der Waals surface area (Å²) in [6.45, 7) is 7.09. The molecule has 0 aliphatic carbocycles. The number of hydrogen-bond acceptors (Lipinski definition) is 10. The second kappa shape index (κ2) is 9.04. The number of cyclic esters (lactones) is 1. The van der Waals surface area contributed by atoms with E-state index in [1.165, 1.54) is 16.7 Å². The van der Waals surface area contributed by atoms with Gasteiger partial charge in [-0.2, -0.15) is 0 Å². The highest BCUT2D eigenvalue weighted by Crippen LogP contribution is 2.44. The number of aliphatic hydroxyl groups excluding tert-OH is 1. The van der Waals surface area contributed by atoms with Crippen molar-refractivity contribution in [2.24, 2.45) is 0 Å². The molecule has 0 aromatic carbocycles. The van der Waals surface area contributed by atoms with Gasteiger partial charge < -0.3 is 19.9 Å². The number of ether oxygens (including phenoxy) is 2. The Morgan fingerprint density at radius 1 is 1.38 bits per heavy atom. The van der Waals surface area contributed by atoms with Crippen molar-refractivity contribution in [3.05, 3.63) is 28.4 Å². The lowest BCUT2D eigenvalue weighted by Crippen LogP contribution is -2.70. The number of nitrogens with zero attached hydrogens (tertiary/aromatic N) is 2. The third-order valence-electron chi connectivity index (χ3n) is 5.04. The maximum atomic E-state index is 13.1. The van der Waals surface area contributed by atoms with Gasteiger partial charge in [0.1, 0.15) is 22.7 Å². The van der Waals surface area contributed by atoms with Gasteiger partial charge in [0.15, 0.2) is 5.13 Å². The van der Waals surface area contributed by atoms with Gasteiger partial charge in [-0.3, -0.25) is 19.8 Å². The van der Waals surface area contributed by atoms with Crippen LogP contribution in [0.1, 0.15) is 39.8 Å². The van der Waals surface area contributed by atoms with E-state index in [4.69, 9.17) is 9.47 Å². The molecule has 3 atom stereocenters. The maximum absolute atomic E-state index is 13.1. The van der Waals surface area contributed by atoms with E-state index in [-0.39, 0.29) is 16.4 Å². The van der Waals surface area contributed by atoms with Crippen molar-refractivity contribution in [1.82, 2.24) is 15.2 Å². The monoisotopic (exact) mass is 508 g/mol. The minimum Gasteiger partial charge on any atom is -0.444 e. The zero-order chi connectivity index (χ0) is 24.8. The molecule has 0 spiro atoms. The number of rotatable bonds is 5. The molecule has 0 bridgehead atoms. The molecular formula is C21H24N4O7S2. The number of fused-ring (bicyclic) bond motifs is 2. The molecule has 3 unspecified atom stereocenters. The van der Waals surface area contributed by atoms with Crippen molar-refractivity contribution >= 4 is 57.7 Å². The SMILES string of the molecule is CCC=C(C(=O)NC1C(=O)N2C3=C(CSC12)C(O)OC3=O)c1csc(NC(=O)OC(C)(C)C)n1. The van der Waals surface area contributed by atoms with E-state index in [2.05, 4.69) is 15.6 Å². The van der Waals surface area contributed by atoms with Crippen LogP contribution in [-0.2, 0) is 23.9 Å². The van der Waals surface area contributed by atoms with Crippen LogP contribution in [0, 0.1) is 0 Å². The van der Waals surface area contributed by atoms with Crippen LogP contribution in [0.15, 0.2) is 22.7 Å². The summed E-state index contributed by atoms with van der Waals surface area (Å²) in [4.78, 5) is 55.4. The molecule has 1 fully saturated rings. The molecule has 3 N–H and O–H groups in total. The summed E-state index contributed by atoms with van der Waals surface area (Å²) in [7, 11) is 0. The molecule has 1 saturated heterocycles. The van der Waals surface area contributed by atoms with Crippen molar-refractivity contribution in [2.75, 3.05) is 11.1 Å². The normalized spacial score (nSPS) is 24.2. The van der Waals surface area contributed by atoms with Gasteiger partial charge in [0.05, 0.1) is 11.3 Å². The second-order valence-corrected chi connectivity index (χ2v) is 10.6. The second-order valence-electron chi connectivity index (χ2n) is 8.68. The van der Waals surface area contributed by atoms with E-state index in [1.807, 2.05) is 6.92 Å². The van der Waals surface area contributed by atoms with Gasteiger partial charge in [-0.1, -0.05) is 13.0 Å². The van der Waals surface area contributed by atoms with Gasteiger partial charge in [-0.15, -0.1) is 23.1 Å². The first-order valence-electron chi connectivity index (χ1n) is 10.5. The van der Waals surface area contributed by atoms with Crippen LogP contribution in [0.5, 0.6) is 0 Å². The lowest BCUT2D eigenvalue weighted by atomic mass is 10.0. The first-order chi connectivity index (χ1) is 16.0. The molecule has 3 aliphatic heterocycles. The highest BCUT2D eigenvalue weighted by atomic mass is 32.2. The number of nitrogens with one attached hydrogen (secondary N) is 2. The Balaban J connectivity index is 1.44. The van der Waals surface area contributed by atoms with Crippen LogP contribution in [0.25, 0.3) is 5.57 Å². The van der Waals surface area contributed by atoms with E-state index in [0.29, 0.717) is 23.4 Å². The average Bonchev–Trinajstić information content (AvgIpc) is 3.31. The Hall–Kier alpha value is -2.90. The minimum atomic E-state index is -1.34. The Kier molecular flexibility index (Phi) is 6.44. The number of aromatic nitrogens is 1. The van der Waals surface area contributed by atoms with Crippen molar-refractivity contribution in [3.8, 4) is 0 Å². The molecule has 13 heteroatoms. The van der Waals surface area contributed by atoms with Gasteiger partial charge in [-0.25, -0.2) is 14.6 Å². The number of carbonyl (C=O) groups excluding carboxylic acids is 4. The number of β-lactam (4-membered cyclic amide) rings is 1. The molecule has 11 nitrogen and oxygen atoms in total. The topological polar surface area (TPSA) is 147 Å². The van der Waals surface area contributed by atoms with Crippen LogP contribution in [0.4, 0.5) is 9.93 Å². The molecule has 0 radical (unpaired) electrons. The van der Waals surface area contributed by atoms with Crippen molar-refractivity contribution < 1.29 is 33.8 Å². The number of amides is 3. The first-order valence-corrected chi connectivity index (χ1v) is 12.5. The van der Waals surface area contributed by atoms with E-state index >= 15 is 0 Å². The van der Waals surface area contributed by atoms with Gasteiger partial charge in [0.25, 0.3) is 11.8 Å². The summed E-state index contributed by atoms with van der Waals surface area (Å²) in [5, 5.41) is 16.5. The molecule has 182 valence electrons. The van der Waals surface area contributed by atoms with Gasteiger partial charge in [-0.05, 0) is 27.2 Å². The zero-order valence-electron chi connectivity index (χ0n) is 18.9. The summed E-state index contributed by atoms with van der Waals surface area (Å²) >= 11 is 2.47. The predicted octanol–water partition coefficient (Wildman–Crippen LogP) is 1.81. The highest BCUT2D eigenvalue weighted by Gasteiger charge is 2.57. The molecule has 1 aromatic rings. The van der Waals surface area contributed by atoms with Crippen LogP contribution < -0.4 is 10.6 Å².